The molecule has 0 spiro atoms. The van der Waals surface area contributed by atoms with E-state index in [0.29, 0.717) is 0 Å². The molecule has 2 aromatic carbocycles. The Balaban J connectivity index is 2.48. The Morgan fingerprint density at radius 1 is 0.824 bits per heavy atom. The molecule has 0 heteroatoms. The van der Waals surface area contributed by atoms with Crippen LogP contribution in [0.1, 0.15) is 30.0 Å². The minimum Gasteiger partial charge on any atom is -0.0651 e. The van der Waals surface area contributed by atoms with Crippen LogP contribution >= 0.6 is 0 Å². The number of benzene rings is 2. The Labute approximate surface area is 104 Å². The van der Waals surface area contributed by atoms with E-state index in [9.17, 15) is 0 Å². The second kappa shape index (κ2) is 5.18. The van der Waals surface area contributed by atoms with Gasteiger partial charge >= 0.3 is 0 Å². The van der Waals surface area contributed by atoms with Crippen molar-refractivity contribution in [3.05, 3.63) is 59.2 Å². The van der Waals surface area contributed by atoms with Crippen LogP contribution in [-0.4, -0.2) is 0 Å². The van der Waals surface area contributed by atoms with Gasteiger partial charge in [-0.1, -0.05) is 55.8 Å². The van der Waals surface area contributed by atoms with Gasteiger partial charge in [0.2, 0.25) is 0 Å². The summed E-state index contributed by atoms with van der Waals surface area (Å²) < 4.78 is 0. The summed E-state index contributed by atoms with van der Waals surface area (Å²) in [5.41, 5.74) is 7.04. The fourth-order valence-corrected chi connectivity index (χ4v) is 2.35. The van der Waals surface area contributed by atoms with Crippen LogP contribution in [0.5, 0.6) is 0 Å². The smallest absolute Gasteiger partial charge is 0.0152 e. The zero-order valence-corrected chi connectivity index (χ0v) is 11.0. The summed E-state index contributed by atoms with van der Waals surface area (Å²) in [6.07, 6.45) is 2.40. The van der Waals surface area contributed by atoms with E-state index in [4.69, 9.17) is 0 Å². The fourth-order valence-electron chi connectivity index (χ4n) is 2.35. The number of hydrogen-bond donors (Lipinski definition) is 0. The lowest BCUT2D eigenvalue weighted by Gasteiger charge is -2.13. The first-order chi connectivity index (χ1) is 8.24. The van der Waals surface area contributed by atoms with Crippen LogP contribution in [0.2, 0.25) is 0 Å². The molecule has 0 aliphatic rings. The van der Waals surface area contributed by atoms with Crippen LogP contribution in [0, 0.1) is 13.8 Å². The van der Waals surface area contributed by atoms with Crippen LogP contribution < -0.4 is 0 Å². The third kappa shape index (κ3) is 2.41. The second-order valence-electron chi connectivity index (χ2n) is 4.64. The lowest BCUT2D eigenvalue weighted by Crippen LogP contribution is -1.94. The van der Waals surface area contributed by atoms with Crippen molar-refractivity contribution in [1.29, 1.82) is 0 Å². The molecule has 0 radical (unpaired) electrons. The van der Waals surface area contributed by atoms with Gasteiger partial charge in [-0.05, 0) is 48.1 Å². The van der Waals surface area contributed by atoms with Gasteiger partial charge in [0.25, 0.3) is 0 Å². The molecule has 0 fully saturated rings. The van der Waals surface area contributed by atoms with Gasteiger partial charge in [0.05, 0.1) is 0 Å². The average Bonchev–Trinajstić information content (AvgIpc) is 2.36. The van der Waals surface area contributed by atoms with Crippen molar-refractivity contribution in [2.24, 2.45) is 0 Å². The molecule has 0 aliphatic heterocycles. The minimum absolute atomic E-state index is 1.18. The number of rotatable bonds is 3. The Morgan fingerprint density at radius 2 is 1.53 bits per heavy atom. The van der Waals surface area contributed by atoms with Crippen molar-refractivity contribution >= 4 is 0 Å². The highest BCUT2D eigenvalue weighted by Crippen LogP contribution is 2.27. The summed E-state index contributed by atoms with van der Waals surface area (Å²) in [6.45, 7) is 6.71. The van der Waals surface area contributed by atoms with Crippen molar-refractivity contribution in [2.45, 2.75) is 33.6 Å². The predicted molar refractivity (Wildman–Crippen MR) is 75.3 cm³/mol. The SMILES string of the molecule is CCCc1ccc(-c2ccccc2)c(C)c1C. The van der Waals surface area contributed by atoms with Crippen LogP contribution in [0.15, 0.2) is 42.5 Å². The van der Waals surface area contributed by atoms with E-state index < -0.39 is 0 Å². The standard InChI is InChI=1S/C17H20/c1-4-8-15-11-12-17(14(3)13(15)2)16-9-6-5-7-10-16/h5-7,9-12H,4,8H2,1-3H3. The molecule has 2 aromatic rings. The molecule has 0 saturated heterocycles. The molecule has 0 N–H and O–H groups in total. The van der Waals surface area contributed by atoms with E-state index in [1.165, 1.54) is 40.7 Å². The molecular weight excluding hydrogens is 204 g/mol. The van der Waals surface area contributed by atoms with Crippen LogP contribution in [0.4, 0.5) is 0 Å². The Hall–Kier alpha value is -1.56. The van der Waals surface area contributed by atoms with E-state index >= 15 is 0 Å². The van der Waals surface area contributed by atoms with Gasteiger partial charge in [0.1, 0.15) is 0 Å². The largest absolute Gasteiger partial charge is 0.0651 e. The second-order valence-corrected chi connectivity index (χ2v) is 4.64. The van der Waals surface area contributed by atoms with Crippen LogP contribution in [0.3, 0.4) is 0 Å². The van der Waals surface area contributed by atoms with E-state index in [1.54, 1.807) is 0 Å². The molecule has 17 heavy (non-hydrogen) atoms. The molecule has 0 aromatic heterocycles. The normalized spacial score (nSPS) is 10.5. The van der Waals surface area contributed by atoms with Gasteiger partial charge in [0.15, 0.2) is 0 Å². The first-order valence-electron chi connectivity index (χ1n) is 6.38. The lowest BCUT2D eigenvalue weighted by atomic mass is 9.92. The summed E-state index contributed by atoms with van der Waals surface area (Å²) in [5, 5.41) is 0. The number of hydrogen-bond acceptors (Lipinski definition) is 0. The van der Waals surface area contributed by atoms with Crippen molar-refractivity contribution in [3.63, 3.8) is 0 Å². The first-order valence-corrected chi connectivity index (χ1v) is 6.38. The summed E-state index contributed by atoms with van der Waals surface area (Å²) in [4.78, 5) is 0. The van der Waals surface area contributed by atoms with E-state index in [2.05, 4.69) is 63.2 Å². The molecule has 0 heterocycles. The summed E-state index contributed by atoms with van der Waals surface area (Å²) in [6, 6.07) is 15.2. The van der Waals surface area contributed by atoms with Gasteiger partial charge in [0, 0.05) is 0 Å². The first kappa shape index (κ1) is 11.9. The highest BCUT2D eigenvalue weighted by molar-refractivity contribution is 5.69. The maximum atomic E-state index is 2.29. The molecule has 0 amide bonds. The van der Waals surface area contributed by atoms with Crippen molar-refractivity contribution < 1.29 is 0 Å². The molecule has 0 atom stereocenters. The molecule has 0 aliphatic carbocycles. The van der Waals surface area contributed by atoms with E-state index in [-0.39, 0.29) is 0 Å². The van der Waals surface area contributed by atoms with Gasteiger partial charge in [-0.15, -0.1) is 0 Å². The maximum absolute atomic E-state index is 2.29. The maximum Gasteiger partial charge on any atom is -0.0152 e. The highest BCUT2D eigenvalue weighted by Gasteiger charge is 2.06. The van der Waals surface area contributed by atoms with Crippen molar-refractivity contribution in [1.82, 2.24) is 0 Å². The molecule has 88 valence electrons. The quantitative estimate of drug-likeness (QED) is 0.694. The summed E-state index contributed by atoms with van der Waals surface area (Å²) in [5.74, 6) is 0. The van der Waals surface area contributed by atoms with E-state index in [0.717, 1.165) is 0 Å². The summed E-state index contributed by atoms with van der Waals surface area (Å²) >= 11 is 0. The van der Waals surface area contributed by atoms with E-state index in [1.807, 2.05) is 0 Å². The summed E-state index contributed by atoms with van der Waals surface area (Å²) in [7, 11) is 0. The minimum atomic E-state index is 1.18. The lowest BCUT2D eigenvalue weighted by molar-refractivity contribution is 0.910. The number of aryl methyl sites for hydroxylation is 1. The zero-order valence-electron chi connectivity index (χ0n) is 11.0. The fraction of sp³-hybridized carbons (Fsp3) is 0.294. The predicted octanol–water partition coefficient (Wildman–Crippen LogP) is 4.92. The van der Waals surface area contributed by atoms with Gasteiger partial charge in [-0.2, -0.15) is 0 Å². The topological polar surface area (TPSA) is 0 Å². The average molecular weight is 224 g/mol. The van der Waals surface area contributed by atoms with Crippen LogP contribution in [-0.2, 0) is 6.42 Å². The molecular formula is C17H20. The Morgan fingerprint density at radius 3 is 2.18 bits per heavy atom. The van der Waals surface area contributed by atoms with Crippen molar-refractivity contribution in [2.75, 3.05) is 0 Å². The van der Waals surface area contributed by atoms with Crippen molar-refractivity contribution in [3.8, 4) is 11.1 Å². The van der Waals surface area contributed by atoms with Gasteiger partial charge in [-0.3, -0.25) is 0 Å². The Bertz CT molecular complexity index is 495. The molecule has 2 rings (SSSR count). The highest BCUT2D eigenvalue weighted by atomic mass is 14.1. The molecule has 0 unspecified atom stereocenters. The molecule has 0 saturated carbocycles. The van der Waals surface area contributed by atoms with Crippen LogP contribution in [0.25, 0.3) is 11.1 Å². The third-order valence-corrected chi connectivity index (χ3v) is 3.50. The van der Waals surface area contributed by atoms with Gasteiger partial charge < -0.3 is 0 Å². The molecule has 0 nitrogen and oxygen atoms in total. The Kier molecular flexibility index (Phi) is 3.63. The molecule has 0 bridgehead atoms. The zero-order chi connectivity index (χ0) is 12.3. The monoisotopic (exact) mass is 224 g/mol. The van der Waals surface area contributed by atoms with Gasteiger partial charge in [-0.25, -0.2) is 0 Å². The third-order valence-electron chi connectivity index (χ3n) is 3.50.